The minimum atomic E-state index is 0.0712. The van der Waals surface area contributed by atoms with Gasteiger partial charge >= 0.3 is 0 Å². The van der Waals surface area contributed by atoms with E-state index in [9.17, 15) is 4.79 Å². The summed E-state index contributed by atoms with van der Waals surface area (Å²) < 4.78 is 1.07. The summed E-state index contributed by atoms with van der Waals surface area (Å²) in [6.07, 6.45) is 0. The minimum absolute atomic E-state index is 0.0712. The number of likely N-dealkylation sites (N-methyl/N-ethyl adjacent to an activating group) is 1. The molecule has 4 nitrogen and oxygen atoms in total. The van der Waals surface area contributed by atoms with Crippen LogP contribution in [-0.2, 0) is 4.79 Å². The van der Waals surface area contributed by atoms with Crippen LogP contribution < -0.4 is 5.43 Å². The zero-order chi connectivity index (χ0) is 14.5. The van der Waals surface area contributed by atoms with Crippen molar-refractivity contribution >= 4 is 33.6 Å². The van der Waals surface area contributed by atoms with E-state index in [0.717, 1.165) is 35.5 Å². The van der Waals surface area contributed by atoms with Crippen molar-refractivity contribution in [2.45, 2.75) is 11.8 Å². The highest BCUT2D eigenvalue weighted by atomic mass is 79.9. The summed E-state index contributed by atoms with van der Waals surface area (Å²) in [5.74, 6) is 0.524. The van der Waals surface area contributed by atoms with Crippen LogP contribution in [-0.4, -0.2) is 54.8 Å². The molecule has 0 saturated carbocycles. The molecular formula is C14H20BrN3OS. The molecule has 1 fully saturated rings. The van der Waals surface area contributed by atoms with E-state index in [2.05, 4.69) is 46.3 Å². The van der Waals surface area contributed by atoms with E-state index in [1.807, 2.05) is 17.1 Å². The molecule has 0 radical (unpaired) electrons. The molecule has 1 aromatic carbocycles. The molecule has 0 atom stereocenters. The largest absolute Gasteiger partial charge is 0.304 e. The van der Waals surface area contributed by atoms with Crippen LogP contribution in [0.3, 0.4) is 0 Å². The number of hydrogen-bond donors (Lipinski definition) is 1. The molecule has 6 heteroatoms. The molecule has 110 valence electrons. The topological polar surface area (TPSA) is 35.6 Å². The predicted molar refractivity (Wildman–Crippen MR) is 86.8 cm³/mol. The number of nitrogens with zero attached hydrogens (tertiary/aromatic N) is 2. The molecule has 1 N–H and O–H groups in total. The van der Waals surface area contributed by atoms with Gasteiger partial charge in [-0.25, -0.2) is 5.01 Å². The second kappa shape index (κ2) is 7.45. The maximum absolute atomic E-state index is 11.9. The van der Waals surface area contributed by atoms with Gasteiger partial charge in [0.2, 0.25) is 5.91 Å². The normalized spacial score (nSPS) is 17.1. The number of piperazine rings is 1. The molecule has 0 aromatic heterocycles. The van der Waals surface area contributed by atoms with E-state index >= 15 is 0 Å². The third kappa shape index (κ3) is 4.77. The van der Waals surface area contributed by atoms with Crippen molar-refractivity contribution in [2.75, 3.05) is 39.0 Å². The van der Waals surface area contributed by atoms with E-state index in [0.29, 0.717) is 5.75 Å². The number of hydrazine groups is 1. The Bertz CT molecular complexity index is 475. The fourth-order valence-electron chi connectivity index (χ4n) is 2.04. The minimum Gasteiger partial charge on any atom is -0.304 e. The average Bonchev–Trinajstić information content (AvgIpc) is 2.40. The summed E-state index contributed by atoms with van der Waals surface area (Å²) in [7, 11) is 2.10. The first-order valence-corrected chi connectivity index (χ1v) is 8.44. The van der Waals surface area contributed by atoms with Gasteiger partial charge in [0.05, 0.1) is 5.75 Å². The lowest BCUT2D eigenvalue weighted by atomic mass is 10.2. The molecule has 1 heterocycles. The number of aryl methyl sites for hydroxylation is 1. The van der Waals surface area contributed by atoms with E-state index in [1.165, 1.54) is 5.56 Å². The number of nitrogens with one attached hydrogen (secondary N) is 1. The van der Waals surface area contributed by atoms with Crippen LogP contribution in [0.1, 0.15) is 5.56 Å². The lowest BCUT2D eigenvalue weighted by molar-refractivity contribution is -0.124. The van der Waals surface area contributed by atoms with Crippen LogP contribution >= 0.6 is 27.7 Å². The second-order valence-corrected chi connectivity index (χ2v) is 6.96. The number of carbonyl (C=O) groups is 1. The lowest BCUT2D eigenvalue weighted by Gasteiger charge is -2.32. The van der Waals surface area contributed by atoms with Crippen molar-refractivity contribution in [3.63, 3.8) is 0 Å². The summed E-state index contributed by atoms with van der Waals surface area (Å²) in [4.78, 5) is 15.4. The highest BCUT2D eigenvalue weighted by molar-refractivity contribution is 9.10. The second-order valence-electron chi connectivity index (χ2n) is 5.02. The van der Waals surface area contributed by atoms with Crippen LogP contribution in [0.15, 0.2) is 27.6 Å². The third-order valence-corrected chi connectivity index (χ3v) is 4.95. The Labute approximate surface area is 133 Å². The number of thioether (sulfide) groups is 1. The van der Waals surface area contributed by atoms with Gasteiger partial charge < -0.3 is 4.90 Å². The molecule has 0 unspecified atom stereocenters. The molecule has 0 spiro atoms. The number of benzene rings is 1. The molecule has 1 aliphatic heterocycles. The molecule has 1 aliphatic rings. The maximum atomic E-state index is 11.9. The zero-order valence-corrected chi connectivity index (χ0v) is 14.3. The molecule has 2 rings (SSSR count). The summed E-state index contributed by atoms with van der Waals surface area (Å²) in [5, 5.41) is 2.01. The Morgan fingerprint density at radius 1 is 1.35 bits per heavy atom. The van der Waals surface area contributed by atoms with Crippen molar-refractivity contribution in [3.05, 3.63) is 28.2 Å². The third-order valence-electron chi connectivity index (χ3n) is 3.28. The Hall–Kier alpha value is -0.560. The quantitative estimate of drug-likeness (QED) is 0.837. The molecule has 1 amide bonds. The van der Waals surface area contributed by atoms with Crippen LogP contribution in [0.4, 0.5) is 0 Å². The smallest absolute Gasteiger partial charge is 0.244 e. The van der Waals surface area contributed by atoms with Gasteiger partial charge in [0.1, 0.15) is 0 Å². The average molecular weight is 358 g/mol. The monoisotopic (exact) mass is 357 g/mol. The number of carbonyl (C=O) groups excluding carboxylic acids is 1. The summed E-state index contributed by atoms with van der Waals surface area (Å²) in [6, 6.07) is 6.13. The molecule has 0 bridgehead atoms. The predicted octanol–water partition coefficient (Wildman–Crippen LogP) is 2.13. The van der Waals surface area contributed by atoms with Crippen molar-refractivity contribution in [1.29, 1.82) is 0 Å². The van der Waals surface area contributed by atoms with Gasteiger partial charge in [0.15, 0.2) is 0 Å². The van der Waals surface area contributed by atoms with Crippen molar-refractivity contribution in [2.24, 2.45) is 0 Å². The number of rotatable bonds is 4. The van der Waals surface area contributed by atoms with Gasteiger partial charge in [-0.15, -0.1) is 11.8 Å². The van der Waals surface area contributed by atoms with Crippen LogP contribution in [0, 0.1) is 6.92 Å². The first-order valence-electron chi connectivity index (χ1n) is 6.66. The number of halogens is 1. The van der Waals surface area contributed by atoms with E-state index < -0.39 is 0 Å². The fourth-order valence-corrected chi connectivity index (χ4v) is 3.32. The Morgan fingerprint density at radius 2 is 2.05 bits per heavy atom. The highest BCUT2D eigenvalue weighted by Crippen LogP contribution is 2.25. The first kappa shape index (κ1) is 15.8. The summed E-state index contributed by atoms with van der Waals surface area (Å²) in [5.41, 5.74) is 4.17. The molecule has 1 aromatic rings. The molecular weight excluding hydrogens is 338 g/mol. The van der Waals surface area contributed by atoms with E-state index in [-0.39, 0.29) is 5.91 Å². The summed E-state index contributed by atoms with van der Waals surface area (Å²) >= 11 is 5.03. The Balaban J connectivity index is 1.77. The van der Waals surface area contributed by atoms with Gasteiger partial charge in [0, 0.05) is 35.5 Å². The van der Waals surface area contributed by atoms with Crippen LogP contribution in [0.5, 0.6) is 0 Å². The van der Waals surface area contributed by atoms with E-state index in [1.54, 1.807) is 11.8 Å². The van der Waals surface area contributed by atoms with Crippen molar-refractivity contribution in [3.8, 4) is 0 Å². The SMILES string of the molecule is Cc1cc(Br)ccc1SCC(=O)NN1CCN(C)CC1. The highest BCUT2D eigenvalue weighted by Gasteiger charge is 2.15. The fraction of sp³-hybridized carbons (Fsp3) is 0.500. The molecule has 0 aliphatic carbocycles. The van der Waals surface area contributed by atoms with E-state index in [4.69, 9.17) is 0 Å². The molecule has 20 heavy (non-hydrogen) atoms. The maximum Gasteiger partial charge on any atom is 0.244 e. The van der Waals surface area contributed by atoms with Crippen molar-refractivity contribution in [1.82, 2.24) is 15.3 Å². The number of amides is 1. The van der Waals surface area contributed by atoms with Crippen LogP contribution in [0.25, 0.3) is 0 Å². The Kier molecular flexibility index (Phi) is 5.89. The van der Waals surface area contributed by atoms with Crippen LogP contribution in [0.2, 0.25) is 0 Å². The number of hydrogen-bond acceptors (Lipinski definition) is 4. The lowest BCUT2D eigenvalue weighted by Crippen LogP contribution is -2.52. The zero-order valence-electron chi connectivity index (χ0n) is 11.9. The van der Waals surface area contributed by atoms with Crippen molar-refractivity contribution < 1.29 is 4.79 Å². The molecule has 1 saturated heterocycles. The van der Waals surface area contributed by atoms with Gasteiger partial charge in [-0.2, -0.15) is 0 Å². The standard InChI is InChI=1S/C14H20BrN3OS/c1-11-9-12(15)3-4-13(11)20-10-14(19)16-18-7-5-17(2)6-8-18/h3-4,9H,5-8,10H2,1-2H3,(H,16,19). The van der Waals surface area contributed by atoms with Gasteiger partial charge in [0.25, 0.3) is 0 Å². The Morgan fingerprint density at radius 3 is 2.70 bits per heavy atom. The summed E-state index contributed by atoms with van der Waals surface area (Å²) in [6.45, 7) is 5.85. The van der Waals surface area contributed by atoms with Gasteiger partial charge in [-0.1, -0.05) is 15.9 Å². The van der Waals surface area contributed by atoms with Gasteiger partial charge in [-0.3, -0.25) is 10.2 Å². The van der Waals surface area contributed by atoms with Gasteiger partial charge in [-0.05, 0) is 37.7 Å². The first-order chi connectivity index (χ1) is 9.54.